The van der Waals surface area contributed by atoms with Crippen molar-refractivity contribution < 1.29 is 23.1 Å². The number of benzene rings is 1. The van der Waals surface area contributed by atoms with Crippen LogP contribution in [0.2, 0.25) is 0 Å². The van der Waals surface area contributed by atoms with Gasteiger partial charge in [0.25, 0.3) is 0 Å². The standard InChI is InChI=1S/C16H17F3N4O2/c17-16(18,19)14-4-2-1-3-12(14)5-15(25)22-6-11(7-22)8-23-9-13(10-24)20-21-23/h1-4,9,11,24H,5-8,10H2. The van der Waals surface area contributed by atoms with Crippen LogP contribution in [0.5, 0.6) is 0 Å². The highest BCUT2D eigenvalue weighted by Gasteiger charge is 2.35. The van der Waals surface area contributed by atoms with Crippen LogP contribution in [0.3, 0.4) is 0 Å². The van der Waals surface area contributed by atoms with E-state index in [9.17, 15) is 18.0 Å². The lowest BCUT2D eigenvalue weighted by Crippen LogP contribution is -2.52. The topological polar surface area (TPSA) is 71.2 Å². The molecule has 0 bridgehead atoms. The van der Waals surface area contributed by atoms with E-state index in [1.165, 1.54) is 18.2 Å². The molecular formula is C16H17F3N4O2. The van der Waals surface area contributed by atoms with Crippen LogP contribution in [-0.2, 0) is 30.5 Å². The minimum Gasteiger partial charge on any atom is -0.390 e. The monoisotopic (exact) mass is 354 g/mol. The lowest BCUT2D eigenvalue weighted by molar-refractivity contribution is -0.140. The smallest absolute Gasteiger partial charge is 0.390 e. The number of aliphatic hydroxyl groups excluding tert-OH is 1. The fourth-order valence-electron chi connectivity index (χ4n) is 2.88. The molecule has 0 aliphatic carbocycles. The van der Waals surface area contributed by atoms with Crippen molar-refractivity contribution in [3.05, 3.63) is 47.3 Å². The molecule has 6 nitrogen and oxygen atoms in total. The first kappa shape index (κ1) is 17.4. The number of nitrogens with zero attached hydrogens (tertiary/aromatic N) is 4. The Balaban J connectivity index is 1.54. The molecule has 1 N–H and O–H groups in total. The Morgan fingerprint density at radius 1 is 1.28 bits per heavy atom. The fourth-order valence-corrected chi connectivity index (χ4v) is 2.88. The Labute approximate surface area is 141 Å². The highest BCUT2D eigenvalue weighted by Crippen LogP contribution is 2.32. The summed E-state index contributed by atoms with van der Waals surface area (Å²) in [7, 11) is 0. The molecule has 0 saturated carbocycles. The Hall–Kier alpha value is -2.42. The van der Waals surface area contributed by atoms with E-state index < -0.39 is 11.7 Å². The van der Waals surface area contributed by atoms with Crippen LogP contribution in [-0.4, -0.2) is 44.0 Å². The number of hydrogen-bond donors (Lipinski definition) is 1. The van der Waals surface area contributed by atoms with Gasteiger partial charge < -0.3 is 10.0 Å². The molecule has 1 aromatic carbocycles. The second-order valence-corrected chi connectivity index (χ2v) is 6.09. The fraction of sp³-hybridized carbons (Fsp3) is 0.438. The average molecular weight is 354 g/mol. The summed E-state index contributed by atoms with van der Waals surface area (Å²) in [6.45, 7) is 1.31. The second-order valence-electron chi connectivity index (χ2n) is 6.09. The molecule has 1 saturated heterocycles. The highest BCUT2D eigenvalue weighted by molar-refractivity contribution is 5.80. The summed E-state index contributed by atoms with van der Waals surface area (Å²) in [5, 5.41) is 16.6. The molecular weight excluding hydrogens is 337 g/mol. The third-order valence-corrected chi connectivity index (χ3v) is 4.17. The maximum absolute atomic E-state index is 13.0. The number of aliphatic hydroxyl groups is 1. The molecule has 3 rings (SSSR count). The number of alkyl halides is 3. The molecule has 0 spiro atoms. The van der Waals surface area contributed by atoms with Crippen LogP contribution in [0, 0.1) is 5.92 Å². The molecule has 9 heteroatoms. The maximum atomic E-state index is 13.0. The number of halogens is 3. The third-order valence-electron chi connectivity index (χ3n) is 4.17. The van der Waals surface area contributed by atoms with Gasteiger partial charge in [-0.05, 0) is 11.6 Å². The summed E-state index contributed by atoms with van der Waals surface area (Å²) in [4.78, 5) is 13.8. The molecule has 2 heterocycles. The number of carbonyl (C=O) groups excluding carboxylic acids is 1. The molecule has 1 aromatic heterocycles. The largest absolute Gasteiger partial charge is 0.416 e. The van der Waals surface area contributed by atoms with Crippen LogP contribution in [0.15, 0.2) is 30.5 Å². The number of likely N-dealkylation sites (tertiary alicyclic amines) is 1. The van der Waals surface area contributed by atoms with E-state index in [-0.39, 0.29) is 30.4 Å². The predicted octanol–water partition coefficient (Wildman–Crippen LogP) is 1.49. The SMILES string of the molecule is O=C(Cc1ccccc1C(F)(F)F)N1CC(Cn2cc(CO)nn2)C1. The molecule has 134 valence electrons. The van der Waals surface area contributed by atoms with Gasteiger partial charge in [0.15, 0.2) is 0 Å². The van der Waals surface area contributed by atoms with E-state index in [0.29, 0.717) is 25.3 Å². The Bertz CT molecular complexity index is 754. The predicted molar refractivity (Wildman–Crippen MR) is 81.2 cm³/mol. The van der Waals surface area contributed by atoms with E-state index in [2.05, 4.69) is 10.3 Å². The van der Waals surface area contributed by atoms with E-state index in [1.807, 2.05) is 0 Å². The van der Waals surface area contributed by atoms with Crippen molar-refractivity contribution >= 4 is 5.91 Å². The first-order chi connectivity index (χ1) is 11.9. The van der Waals surface area contributed by atoms with Gasteiger partial charge in [-0.15, -0.1) is 5.10 Å². The van der Waals surface area contributed by atoms with Gasteiger partial charge in [-0.1, -0.05) is 23.4 Å². The highest BCUT2D eigenvalue weighted by atomic mass is 19.4. The first-order valence-electron chi connectivity index (χ1n) is 7.79. The number of amides is 1. The van der Waals surface area contributed by atoms with Gasteiger partial charge >= 0.3 is 6.18 Å². The van der Waals surface area contributed by atoms with Crippen molar-refractivity contribution in [1.82, 2.24) is 19.9 Å². The van der Waals surface area contributed by atoms with E-state index >= 15 is 0 Å². The van der Waals surface area contributed by atoms with Crippen molar-refractivity contribution in [1.29, 1.82) is 0 Å². The zero-order valence-corrected chi connectivity index (χ0v) is 13.3. The first-order valence-corrected chi connectivity index (χ1v) is 7.79. The van der Waals surface area contributed by atoms with Crippen LogP contribution >= 0.6 is 0 Å². The number of carbonyl (C=O) groups is 1. The lowest BCUT2D eigenvalue weighted by Gasteiger charge is -2.39. The lowest BCUT2D eigenvalue weighted by atomic mass is 9.97. The molecule has 0 atom stereocenters. The van der Waals surface area contributed by atoms with E-state index in [4.69, 9.17) is 5.11 Å². The number of hydrogen-bond acceptors (Lipinski definition) is 4. The van der Waals surface area contributed by atoms with Crippen molar-refractivity contribution in [3.8, 4) is 0 Å². The quantitative estimate of drug-likeness (QED) is 0.883. The minimum absolute atomic E-state index is 0.00712. The van der Waals surface area contributed by atoms with Gasteiger partial charge in [0.2, 0.25) is 5.91 Å². The average Bonchev–Trinajstić information content (AvgIpc) is 2.97. The molecule has 25 heavy (non-hydrogen) atoms. The minimum atomic E-state index is -4.47. The maximum Gasteiger partial charge on any atom is 0.416 e. The Kier molecular flexibility index (Phi) is 4.76. The molecule has 1 fully saturated rings. The summed E-state index contributed by atoms with van der Waals surface area (Å²) < 4.78 is 40.5. The number of aromatic nitrogens is 3. The summed E-state index contributed by atoms with van der Waals surface area (Å²) in [5.41, 5.74) is -0.303. The van der Waals surface area contributed by atoms with Gasteiger partial charge in [0, 0.05) is 25.6 Å². The van der Waals surface area contributed by atoms with Gasteiger partial charge in [0.05, 0.1) is 24.8 Å². The van der Waals surface area contributed by atoms with E-state index in [0.717, 1.165) is 6.07 Å². The summed E-state index contributed by atoms with van der Waals surface area (Å²) in [6, 6.07) is 5.14. The van der Waals surface area contributed by atoms with Gasteiger partial charge in [-0.2, -0.15) is 13.2 Å². The van der Waals surface area contributed by atoms with Crippen molar-refractivity contribution in [2.24, 2.45) is 5.92 Å². The third kappa shape index (κ3) is 3.98. The molecule has 0 radical (unpaired) electrons. The van der Waals surface area contributed by atoms with Crippen LogP contribution in [0.4, 0.5) is 13.2 Å². The van der Waals surface area contributed by atoms with Crippen molar-refractivity contribution in [2.75, 3.05) is 13.1 Å². The molecule has 0 unspecified atom stereocenters. The molecule has 1 aliphatic heterocycles. The summed E-state index contributed by atoms with van der Waals surface area (Å²) in [6.07, 6.45) is -3.10. The Morgan fingerprint density at radius 3 is 2.64 bits per heavy atom. The molecule has 2 aromatic rings. The number of rotatable bonds is 5. The molecule has 1 aliphatic rings. The van der Waals surface area contributed by atoms with Crippen molar-refractivity contribution in [3.63, 3.8) is 0 Å². The second kappa shape index (κ2) is 6.83. The van der Waals surface area contributed by atoms with Gasteiger partial charge in [-0.3, -0.25) is 9.48 Å². The zero-order valence-electron chi connectivity index (χ0n) is 13.3. The summed E-state index contributed by atoms with van der Waals surface area (Å²) >= 11 is 0. The zero-order chi connectivity index (χ0) is 18.0. The van der Waals surface area contributed by atoms with Gasteiger partial charge in [0.1, 0.15) is 5.69 Å². The van der Waals surface area contributed by atoms with Crippen LogP contribution < -0.4 is 0 Å². The van der Waals surface area contributed by atoms with Crippen molar-refractivity contribution in [2.45, 2.75) is 25.7 Å². The van der Waals surface area contributed by atoms with Gasteiger partial charge in [-0.25, -0.2) is 0 Å². The van der Waals surface area contributed by atoms with Crippen LogP contribution in [0.1, 0.15) is 16.8 Å². The Morgan fingerprint density at radius 2 is 2.00 bits per heavy atom. The van der Waals surface area contributed by atoms with E-state index in [1.54, 1.807) is 15.8 Å². The van der Waals surface area contributed by atoms with Crippen LogP contribution in [0.25, 0.3) is 0 Å². The summed E-state index contributed by atoms with van der Waals surface area (Å²) in [5.74, 6) is -0.141. The molecule has 1 amide bonds. The normalized spacial score (nSPS) is 15.3.